The minimum atomic E-state index is -5.97. The molecule has 1 aliphatic rings. The Kier molecular flexibility index (Phi) is 12.6. The Balaban J connectivity index is 1.82. The van der Waals surface area contributed by atoms with E-state index in [-0.39, 0.29) is 22.1 Å². The molecule has 0 spiro atoms. The molecule has 27 heteroatoms. The van der Waals surface area contributed by atoms with Crippen LogP contribution in [0.25, 0.3) is 11.2 Å². The first-order valence-electron chi connectivity index (χ1n) is 11.7. The van der Waals surface area contributed by atoms with E-state index in [1.165, 1.54) is 11.8 Å². The van der Waals surface area contributed by atoms with Crippen molar-refractivity contribution in [1.29, 1.82) is 0 Å². The van der Waals surface area contributed by atoms with Gasteiger partial charge in [0.25, 0.3) is 0 Å². The van der Waals surface area contributed by atoms with E-state index < -0.39 is 76.3 Å². The molecule has 0 aromatic carbocycles. The number of ether oxygens (including phenoxy) is 1. The Bertz CT molecular complexity index is 1470. The standard InChI is InChI=1S/C17H25Cl2F3N5O12P3S2/c1-43-5-3-23-12-9-13(26-15(25-12)44-4-2-16(20,21)22)27(7-24-9)14-11(29)10(28)8(38-14)6-37-42(35,36)39-41(33,34)17(18,19)40(30,31)32/h7-8,10-11,14,28-29H,2-6H2,1H3,(H,33,34)(H,35,36)(H,23,25,26)(H2,30,31,32)/t8-,10+,11?,14-/m1/s1. The van der Waals surface area contributed by atoms with Crippen molar-refractivity contribution in [3.8, 4) is 0 Å². The van der Waals surface area contributed by atoms with E-state index in [0.717, 1.165) is 10.9 Å². The summed E-state index contributed by atoms with van der Waals surface area (Å²) >= 11 is 12.6. The number of aromatic nitrogens is 4. The fraction of sp³-hybridized carbons (Fsp3) is 0.706. The van der Waals surface area contributed by atoms with Crippen LogP contribution in [0, 0.1) is 0 Å². The molecule has 7 N–H and O–H groups in total. The van der Waals surface area contributed by atoms with Crippen molar-refractivity contribution in [3.63, 3.8) is 0 Å². The Morgan fingerprint density at radius 2 is 1.77 bits per heavy atom. The average Bonchev–Trinajstić information content (AvgIpc) is 3.41. The number of alkyl halides is 5. The summed E-state index contributed by atoms with van der Waals surface area (Å²) in [6, 6.07) is 0. The second-order valence-electron chi connectivity index (χ2n) is 8.78. The number of imidazole rings is 1. The van der Waals surface area contributed by atoms with Crippen LogP contribution in [0.5, 0.6) is 0 Å². The molecule has 1 fully saturated rings. The van der Waals surface area contributed by atoms with E-state index in [4.69, 9.17) is 37.7 Å². The van der Waals surface area contributed by atoms with Crippen LogP contribution in [0.3, 0.4) is 0 Å². The number of thioether (sulfide) groups is 2. The zero-order valence-corrected chi connectivity index (χ0v) is 27.7. The second-order valence-corrected chi connectivity index (χ2v) is 18.9. The van der Waals surface area contributed by atoms with E-state index in [1.54, 1.807) is 0 Å². The molecule has 252 valence electrons. The molecule has 1 saturated heterocycles. The molecule has 0 bridgehead atoms. The monoisotopic (exact) mass is 775 g/mol. The van der Waals surface area contributed by atoms with Crippen LogP contribution in [0.15, 0.2) is 11.5 Å². The Morgan fingerprint density at radius 3 is 2.36 bits per heavy atom. The lowest BCUT2D eigenvalue weighted by Gasteiger charge is -2.26. The predicted molar refractivity (Wildman–Crippen MR) is 153 cm³/mol. The highest BCUT2D eigenvalue weighted by Crippen LogP contribution is 2.79. The molecule has 0 amide bonds. The van der Waals surface area contributed by atoms with E-state index >= 15 is 0 Å². The van der Waals surface area contributed by atoms with Crippen LogP contribution in [0.4, 0.5) is 19.0 Å². The SMILES string of the molecule is CSCCNc1nc(SCCC(F)(F)F)nc2c1ncn2[C@@H]1O[C@H](COP(=O)(O)OP(=O)(O)C(Cl)(Cl)P(=O)(O)O)[C@H](O)C1O. The smallest absolute Gasteiger partial charge is 0.387 e. The molecule has 0 aliphatic carbocycles. The number of rotatable bonds is 15. The molecule has 44 heavy (non-hydrogen) atoms. The average molecular weight is 776 g/mol. The van der Waals surface area contributed by atoms with Crippen LogP contribution < -0.4 is 5.32 Å². The van der Waals surface area contributed by atoms with Crippen LogP contribution in [-0.4, -0.2) is 109 Å². The third-order valence-electron chi connectivity index (χ3n) is 5.53. The maximum Gasteiger partial charge on any atom is 0.479 e. The predicted octanol–water partition coefficient (Wildman–Crippen LogP) is 2.85. The van der Waals surface area contributed by atoms with E-state index in [1.807, 2.05) is 6.26 Å². The number of nitrogens with zero attached hydrogens (tertiary/aromatic N) is 4. The van der Waals surface area contributed by atoms with Gasteiger partial charge in [0.05, 0.1) is 19.4 Å². The minimum Gasteiger partial charge on any atom is -0.387 e. The van der Waals surface area contributed by atoms with Gasteiger partial charge in [-0.2, -0.15) is 24.9 Å². The summed E-state index contributed by atoms with van der Waals surface area (Å²) in [5, 5.41) is 24.1. The van der Waals surface area contributed by atoms with Crippen molar-refractivity contribution in [1.82, 2.24) is 19.5 Å². The molecule has 3 unspecified atom stereocenters. The number of halogens is 5. The number of anilines is 1. The molecular weight excluding hydrogens is 751 g/mol. The van der Waals surface area contributed by atoms with Gasteiger partial charge in [-0.3, -0.25) is 18.2 Å². The summed E-state index contributed by atoms with van der Waals surface area (Å²) in [7, 11) is -17.4. The van der Waals surface area contributed by atoms with Gasteiger partial charge in [0.15, 0.2) is 28.4 Å². The third kappa shape index (κ3) is 9.21. The van der Waals surface area contributed by atoms with E-state index in [0.29, 0.717) is 24.1 Å². The fourth-order valence-corrected chi connectivity index (χ4v) is 8.81. The molecule has 3 rings (SSSR count). The minimum absolute atomic E-state index is 0.0191. The number of nitrogens with one attached hydrogen (secondary N) is 1. The zero-order valence-electron chi connectivity index (χ0n) is 21.9. The third-order valence-corrected chi connectivity index (χ3v) is 14.7. The maximum atomic E-state index is 12.7. The van der Waals surface area contributed by atoms with Gasteiger partial charge in [-0.25, -0.2) is 23.8 Å². The van der Waals surface area contributed by atoms with Gasteiger partial charge < -0.3 is 39.8 Å². The molecule has 3 heterocycles. The Hall–Kier alpha value is -0.250. The highest BCUT2D eigenvalue weighted by atomic mass is 35.5. The van der Waals surface area contributed by atoms with Crippen molar-refractivity contribution < 1.29 is 70.2 Å². The normalized spacial score (nSPS) is 24.4. The molecule has 0 saturated carbocycles. The van der Waals surface area contributed by atoms with Gasteiger partial charge in [0.1, 0.15) is 18.3 Å². The van der Waals surface area contributed by atoms with E-state index in [2.05, 4.69) is 29.1 Å². The first kappa shape index (κ1) is 38.2. The fourth-order valence-electron chi connectivity index (χ4n) is 3.44. The summed E-state index contributed by atoms with van der Waals surface area (Å²) < 4.78 is 85.1. The molecule has 2 aromatic heterocycles. The van der Waals surface area contributed by atoms with Gasteiger partial charge in [-0.15, -0.1) is 0 Å². The molecule has 6 atom stereocenters. The van der Waals surface area contributed by atoms with Crippen LogP contribution in [0.1, 0.15) is 12.6 Å². The number of aliphatic hydroxyl groups is 2. The van der Waals surface area contributed by atoms with Gasteiger partial charge >= 0.3 is 33.0 Å². The maximum absolute atomic E-state index is 12.7. The second kappa shape index (κ2) is 14.5. The highest BCUT2D eigenvalue weighted by Gasteiger charge is 2.62. The van der Waals surface area contributed by atoms with Crippen molar-refractivity contribution in [2.24, 2.45) is 0 Å². The lowest BCUT2D eigenvalue weighted by molar-refractivity contribution is -0.129. The zero-order chi connectivity index (χ0) is 33.3. The summed E-state index contributed by atoms with van der Waals surface area (Å²) in [5.74, 6) is 0.407. The number of fused-ring (bicyclic) bond motifs is 1. The molecule has 2 aromatic rings. The van der Waals surface area contributed by atoms with Crippen molar-refractivity contribution in [2.45, 2.75) is 46.1 Å². The van der Waals surface area contributed by atoms with Gasteiger partial charge in [0, 0.05) is 18.1 Å². The van der Waals surface area contributed by atoms with Crippen molar-refractivity contribution in [2.75, 3.05) is 36.2 Å². The van der Waals surface area contributed by atoms with Gasteiger partial charge in [0.2, 0.25) is 0 Å². The van der Waals surface area contributed by atoms with Crippen LogP contribution in [0.2, 0.25) is 0 Å². The largest absolute Gasteiger partial charge is 0.479 e. The van der Waals surface area contributed by atoms with Crippen LogP contribution in [-0.2, 0) is 27.3 Å². The molecular formula is C17H25Cl2F3N5O12P3S2. The topological polar surface area (TPSA) is 256 Å². The van der Waals surface area contributed by atoms with Gasteiger partial charge in [-0.05, 0) is 6.26 Å². The first-order valence-corrected chi connectivity index (χ1v) is 19.6. The molecule has 17 nitrogen and oxygen atoms in total. The Labute approximate surface area is 264 Å². The summed E-state index contributed by atoms with van der Waals surface area (Å²) in [5.41, 5.74) is 0.119. The Morgan fingerprint density at radius 1 is 1.11 bits per heavy atom. The van der Waals surface area contributed by atoms with E-state index in [9.17, 15) is 46.9 Å². The van der Waals surface area contributed by atoms with Crippen molar-refractivity contribution >= 4 is 86.7 Å². The molecule has 0 radical (unpaired) electrons. The molecule has 1 aliphatic heterocycles. The summed E-state index contributed by atoms with van der Waals surface area (Å²) in [6.45, 7) is -0.697. The lowest BCUT2D eigenvalue weighted by atomic mass is 10.1. The number of phosphoric ester groups is 1. The summed E-state index contributed by atoms with van der Waals surface area (Å²) in [4.78, 5) is 50.4. The highest BCUT2D eigenvalue weighted by molar-refractivity contribution is 7.99. The first-order chi connectivity index (χ1) is 20.1. The van der Waals surface area contributed by atoms with Crippen molar-refractivity contribution in [3.05, 3.63) is 6.33 Å². The lowest BCUT2D eigenvalue weighted by Crippen LogP contribution is -2.33. The quantitative estimate of drug-likeness (QED) is 0.0451. The number of aliphatic hydroxyl groups excluding tert-OH is 2. The van der Waals surface area contributed by atoms with Crippen LogP contribution >= 0.6 is 69.7 Å². The number of hydrogen-bond acceptors (Lipinski definition) is 14. The van der Waals surface area contributed by atoms with Gasteiger partial charge in [-0.1, -0.05) is 35.0 Å². The summed E-state index contributed by atoms with van der Waals surface area (Å²) in [6.07, 6.45) is -9.29. The number of phosphoric acid groups is 1. The number of hydrogen-bond donors (Lipinski definition) is 7.